The molecule has 2 aliphatic rings. The molecule has 0 saturated heterocycles. The number of rotatable bonds is 3. The average Bonchev–Trinajstić information content (AvgIpc) is 3.37. The quantitative estimate of drug-likeness (QED) is 0.624. The van der Waals surface area contributed by atoms with E-state index in [1.165, 1.54) is 21.7 Å². The van der Waals surface area contributed by atoms with E-state index in [0.29, 0.717) is 10.9 Å². The average molecular weight is 402 g/mol. The molecule has 2 aliphatic carbocycles. The summed E-state index contributed by atoms with van der Waals surface area (Å²) in [7, 11) is 0. The zero-order chi connectivity index (χ0) is 20.0. The van der Waals surface area contributed by atoms with Gasteiger partial charge in [0.2, 0.25) is 10.9 Å². The predicted octanol–water partition coefficient (Wildman–Crippen LogP) is 3.07. The highest BCUT2D eigenvalue weighted by Crippen LogP contribution is 2.50. The van der Waals surface area contributed by atoms with Crippen molar-refractivity contribution in [3.8, 4) is 23.4 Å². The van der Waals surface area contributed by atoms with Crippen molar-refractivity contribution >= 4 is 17.5 Å². The highest BCUT2D eigenvalue weighted by atomic mass is 32.2. The molecule has 29 heavy (non-hydrogen) atoms. The van der Waals surface area contributed by atoms with Crippen LogP contribution in [0.4, 0.5) is 0 Å². The van der Waals surface area contributed by atoms with E-state index < -0.39 is 0 Å². The van der Waals surface area contributed by atoms with Gasteiger partial charge >= 0.3 is 0 Å². The highest BCUT2D eigenvalue weighted by Gasteiger charge is 2.45. The van der Waals surface area contributed by atoms with Gasteiger partial charge < -0.3 is 0 Å². The summed E-state index contributed by atoms with van der Waals surface area (Å²) in [6, 6.07) is 12.5. The van der Waals surface area contributed by atoms with Crippen molar-refractivity contribution in [2.45, 2.75) is 49.2 Å². The smallest absolute Gasteiger partial charge is 0.265 e. The van der Waals surface area contributed by atoms with Crippen molar-refractivity contribution in [2.75, 3.05) is 5.75 Å². The lowest BCUT2D eigenvalue weighted by Gasteiger charge is -2.37. The van der Waals surface area contributed by atoms with E-state index in [1.54, 1.807) is 0 Å². The van der Waals surface area contributed by atoms with Gasteiger partial charge in [-0.25, -0.2) is 4.40 Å². The maximum atomic E-state index is 13.8. The molecule has 3 aromatic rings. The van der Waals surface area contributed by atoms with Crippen molar-refractivity contribution in [3.63, 3.8) is 0 Å². The minimum absolute atomic E-state index is 0.0809. The van der Waals surface area contributed by atoms with Crippen LogP contribution in [-0.2, 0) is 18.4 Å². The van der Waals surface area contributed by atoms with Crippen molar-refractivity contribution < 1.29 is 0 Å². The Morgan fingerprint density at radius 3 is 2.69 bits per heavy atom. The van der Waals surface area contributed by atoms with Crippen LogP contribution < -0.4 is 5.56 Å². The Kier molecular flexibility index (Phi) is 4.18. The first-order chi connectivity index (χ1) is 14.2. The zero-order valence-corrected chi connectivity index (χ0v) is 16.6. The molecule has 1 saturated carbocycles. The van der Waals surface area contributed by atoms with Gasteiger partial charge in [0.1, 0.15) is 6.54 Å². The Morgan fingerprint density at radius 1 is 1.14 bits per heavy atom. The molecular weight excluding hydrogens is 384 g/mol. The Labute approximate surface area is 171 Å². The van der Waals surface area contributed by atoms with Gasteiger partial charge in [-0.1, -0.05) is 48.9 Å². The molecule has 2 aromatic heterocycles. The Hall–Kier alpha value is -3.10. The normalized spacial score (nSPS) is 16.3. The molecule has 0 aliphatic heterocycles. The van der Waals surface area contributed by atoms with E-state index in [4.69, 9.17) is 5.26 Å². The van der Waals surface area contributed by atoms with Gasteiger partial charge in [-0.2, -0.15) is 10.5 Å². The minimum Gasteiger partial charge on any atom is -0.295 e. The van der Waals surface area contributed by atoms with E-state index in [2.05, 4.69) is 28.4 Å². The molecule has 5 rings (SSSR count). The molecule has 0 unspecified atom stereocenters. The lowest BCUT2D eigenvalue weighted by Crippen LogP contribution is -2.40. The van der Waals surface area contributed by atoms with Crippen molar-refractivity contribution in [1.82, 2.24) is 19.2 Å². The van der Waals surface area contributed by atoms with Gasteiger partial charge in [0.15, 0.2) is 0 Å². The fraction of sp³-hybridized carbons (Fsp3) is 0.381. The molecule has 0 N–H and O–H groups in total. The zero-order valence-electron chi connectivity index (χ0n) is 15.8. The summed E-state index contributed by atoms with van der Waals surface area (Å²) >= 11 is 1.20. The van der Waals surface area contributed by atoms with Gasteiger partial charge in [-0.15, -0.1) is 10.2 Å². The number of hydrogen-bond donors (Lipinski definition) is 0. The summed E-state index contributed by atoms with van der Waals surface area (Å²) in [6.07, 6.45) is 4.95. The van der Waals surface area contributed by atoms with Gasteiger partial charge in [0.05, 0.1) is 23.6 Å². The Balaban J connectivity index is 1.93. The molecule has 1 spiro atoms. The van der Waals surface area contributed by atoms with Gasteiger partial charge in [-0.3, -0.25) is 9.36 Å². The number of nitriles is 2. The third-order valence-corrected chi connectivity index (χ3v) is 6.96. The Bertz CT molecular complexity index is 1270. The standard InChI is InChI=1S/C21H18N6OS/c22-9-11-26-17-15-6-2-1-5-14(15)13-21(7-3-4-8-21)16(17)18(28)27-19(26)24-25-20(27)29-12-10-23/h1-2,5-6H,3-4,7-8,11-13H2. The summed E-state index contributed by atoms with van der Waals surface area (Å²) in [6.45, 7) is 0.0809. The van der Waals surface area contributed by atoms with Crippen LogP contribution in [0.3, 0.4) is 0 Å². The number of thioether (sulfide) groups is 1. The molecule has 1 fully saturated rings. The third kappa shape index (κ3) is 2.53. The molecule has 0 atom stereocenters. The number of nitrogens with zero attached hydrogens (tertiary/aromatic N) is 6. The first-order valence-corrected chi connectivity index (χ1v) is 10.7. The van der Waals surface area contributed by atoms with E-state index in [9.17, 15) is 10.1 Å². The van der Waals surface area contributed by atoms with Crippen LogP contribution in [0.15, 0.2) is 34.2 Å². The lowest BCUT2D eigenvalue weighted by molar-refractivity contribution is 0.422. The number of fused-ring (bicyclic) bond motifs is 5. The van der Waals surface area contributed by atoms with Crippen LogP contribution in [0.5, 0.6) is 0 Å². The molecule has 8 heteroatoms. The van der Waals surface area contributed by atoms with E-state index in [1.807, 2.05) is 22.8 Å². The number of aromatic nitrogens is 4. The molecule has 1 aromatic carbocycles. The van der Waals surface area contributed by atoms with Gasteiger partial charge in [0.25, 0.3) is 5.56 Å². The summed E-state index contributed by atoms with van der Waals surface area (Å²) in [5.74, 6) is 0.546. The van der Waals surface area contributed by atoms with Crippen LogP contribution in [0, 0.1) is 22.7 Å². The lowest BCUT2D eigenvalue weighted by atomic mass is 9.68. The summed E-state index contributed by atoms with van der Waals surface area (Å²) in [4.78, 5) is 13.8. The monoisotopic (exact) mass is 402 g/mol. The Morgan fingerprint density at radius 2 is 1.93 bits per heavy atom. The maximum Gasteiger partial charge on any atom is 0.265 e. The number of benzene rings is 1. The van der Waals surface area contributed by atoms with Crippen LogP contribution in [0.1, 0.15) is 36.8 Å². The molecule has 144 valence electrons. The second-order valence-corrected chi connectivity index (χ2v) is 8.60. The largest absolute Gasteiger partial charge is 0.295 e. The van der Waals surface area contributed by atoms with Gasteiger partial charge in [0, 0.05) is 16.5 Å². The molecule has 0 bridgehead atoms. The van der Waals surface area contributed by atoms with Crippen LogP contribution in [-0.4, -0.2) is 24.9 Å². The molecular formula is C21H18N6OS. The second-order valence-electron chi connectivity index (χ2n) is 7.66. The van der Waals surface area contributed by atoms with Crippen LogP contribution >= 0.6 is 11.8 Å². The van der Waals surface area contributed by atoms with Crippen molar-refractivity contribution in [3.05, 3.63) is 45.7 Å². The van der Waals surface area contributed by atoms with Crippen LogP contribution in [0.2, 0.25) is 0 Å². The minimum atomic E-state index is -0.215. The molecule has 0 amide bonds. The maximum absolute atomic E-state index is 13.8. The van der Waals surface area contributed by atoms with Crippen molar-refractivity contribution in [1.29, 1.82) is 10.5 Å². The number of hydrogen-bond acceptors (Lipinski definition) is 6. The second kappa shape index (κ2) is 6.75. The van der Waals surface area contributed by atoms with E-state index in [0.717, 1.165) is 48.9 Å². The van der Waals surface area contributed by atoms with E-state index in [-0.39, 0.29) is 23.3 Å². The van der Waals surface area contributed by atoms with Gasteiger partial charge in [-0.05, 0) is 24.8 Å². The first kappa shape index (κ1) is 18.0. The van der Waals surface area contributed by atoms with E-state index >= 15 is 0 Å². The van der Waals surface area contributed by atoms with Crippen molar-refractivity contribution in [2.24, 2.45) is 0 Å². The molecule has 7 nitrogen and oxygen atoms in total. The molecule has 0 radical (unpaired) electrons. The molecule has 2 heterocycles. The fourth-order valence-electron chi connectivity index (χ4n) is 5.07. The topological polar surface area (TPSA) is 99.8 Å². The SMILES string of the molecule is N#CCSc1nnc2n(CC#N)c3c(c(=O)n12)C1(CCCC1)Cc1ccccc1-3. The first-order valence-electron chi connectivity index (χ1n) is 9.67. The summed E-state index contributed by atoms with van der Waals surface area (Å²) < 4.78 is 3.34. The summed E-state index contributed by atoms with van der Waals surface area (Å²) in [5.41, 5.74) is 3.51. The third-order valence-electron chi connectivity index (χ3n) is 6.17. The fourth-order valence-corrected chi connectivity index (χ4v) is 5.65. The summed E-state index contributed by atoms with van der Waals surface area (Å²) in [5, 5.41) is 27.3. The highest BCUT2D eigenvalue weighted by molar-refractivity contribution is 7.99. The predicted molar refractivity (Wildman–Crippen MR) is 108 cm³/mol. The van der Waals surface area contributed by atoms with Crippen LogP contribution in [0.25, 0.3) is 17.0 Å².